The second-order valence-corrected chi connectivity index (χ2v) is 4.74. The second kappa shape index (κ2) is 6.01. The molecule has 0 bridgehead atoms. The third-order valence-electron chi connectivity index (χ3n) is 2.99. The lowest BCUT2D eigenvalue weighted by Gasteiger charge is -2.12. The number of benzene rings is 1. The molecule has 0 aliphatic heterocycles. The average molecular weight is 323 g/mol. The smallest absolute Gasteiger partial charge is 0.406 e. The van der Waals surface area contributed by atoms with Gasteiger partial charge in [0.05, 0.1) is 25.3 Å². The highest BCUT2D eigenvalue weighted by Crippen LogP contribution is 2.33. The largest absolute Gasteiger partial charge is 0.493 e. The first-order valence-corrected chi connectivity index (χ1v) is 6.67. The fourth-order valence-corrected chi connectivity index (χ4v) is 2.30. The maximum absolute atomic E-state index is 12.8. The van der Waals surface area contributed by atoms with E-state index in [0.29, 0.717) is 22.5 Å². The van der Waals surface area contributed by atoms with Gasteiger partial charge in [-0.05, 0) is 0 Å². The molecule has 0 unspecified atom stereocenters. The lowest BCUT2D eigenvalue weighted by Crippen LogP contribution is -2.19. The molecule has 116 valence electrons. The number of nitrogens with zero attached hydrogens (tertiary/aromatic N) is 2. The molecule has 2 rings (SSSR count). The van der Waals surface area contributed by atoms with E-state index in [4.69, 9.17) is 21.1 Å². The van der Waals surface area contributed by atoms with Gasteiger partial charge in [-0.1, -0.05) is 0 Å². The molecule has 0 fully saturated rings. The van der Waals surface area contributed by atoms with E-state index < -0.39 is 12.7 Å². The molecule has 0 N–H and O–H groups in total. The standard InChI is InChI=1S/C13H14ClF3N2O2/c1-20-10-5-8-9(6-11(10)21-2)19(7-13(15,16)17)12(18-8)3-4-14/h5-6H,3-4,7H2,1-2H3. The fourth-order valence-electron chi connectivity index (χ4n) is 2.13. The Morgan fingerprint density at radius 3 is 2.33 bits per heavy atom. The van der Waals surface area contributed by atoms with Gasteiger partial charge < -0.3 is 14.0 Å². The molecule has 1 aromatic carbocycles. The first kappa shape index (κ1) is 15.8. The first-order chi connectivity index (χ1) is 9.89. The van der Waals surface area contributed by atoms with Gasteiger partial charge in [-0.3, -0.25) is 0 Å². The molecule has 8 heteroatoms. The number of hydrogen-bond acceptors (Lipinski definition) is 3. The van der Waals surface area contributed by atoms with E-state index >= 15 is 0 Å². The van der Waals surface area contributed by atoms with Crippen LogP contribution < -0.4 is 9.47 Å². The van der Waals surface area contributed by atoms with Gasteiger partial charge in [0, 0.05) is 24.4 Å². The highest BCUT2D eigenvalue weighted by atomic mass is 35.5. The van der Waals surface area contributed by atoms with Gasteiger partial charge in [0.15, 0.2) is 11.5 Å². The number of rotatable bonds is 5. The number of hydrogen-bond donors (Lipinski definition) is 0. The van der Waals surface area contributed by atoms with Crippen LogP contribution in [0.25, 0.3) is 11.0 Å². The van der Waals surface area contributed by atoms with Crippen LogP contribution in [0.1, 0.15) is 5.82 Å². The van der Waals surface area contributed by atoms with Gasteiger partial charge in [-0.2, -0.15) is 13.2 Å². The van der Waals surface area contributed by atoms with Crippen LogP contribution in [-0.2, 0) is 13.0 Å². The molecule has 21 heavy (non-hydrogen) atoms. The number of alkyl halides is 4. The van der Waals surface area contributed by atoms with Crippen molar-refractivity contribution in [1.29, 1.82) is 0 Å². The molecular weight excluding hydrogens is 309 g/mol. The molecule has 0 amide bonds. The van der Waals surface area contributed by atoms with Crippen LogP contribution in [0.4, 0.5) is 13.2 Å². The normalized spacial score (nSPS) is 11.9. The summed E-state index contributed by atoms with van der Waals surface area (Å²) in [7, 11) is 2.88. The monoisotopic (exact) mass is 322 g/mol. The number of halogens is 4. The minimum absolute atomic E-state index is 0.190. The molecule has 0 aliphatic rings. The average Bonchev–Trinajstić information content (AvgIpc) is 2.73. The Morgan fingerprint density at radius 1 is 1.19 bits per heavy atom. The summed E-state index contributed by atoms with van der Waals surface area (Å²) in [5, 5.41) is 0. The summed E-state index contributed by atoms with van der Waals surface area (Å²) in [5.74, 6) is 1.24. The van der Waals surface area contributed by atoms with Gasteiger partial charge in [0.2, 0.25) is 0 Å². The molecule has 1 aromatic heterocycles. The van der Waals surface area contributed by atoms with E-state index in [1.165, 1.54) is 20.3 Å². The summed E-state index contributed by atoms with van der Waals surface area (Å²) >= 11 is 5.64. The van der Waals surface area contributed by atoms with Gasteiger partial charge in [0.1, 0.15) is 12.4 Å². The van der Waals surface area contributed by atoms with Crippen LogP contribution in [0.15, 0.2) is 12.1 Å². The third-order valence-corrected chi connectivity index (χ3v) is 3.18. The number of ether oxygens (including phenoxy) is 2. The van der Waals surface area contributed by atoms with Gasteiger partial charge in [-0.25, -0.2) is 4.98 Å². The summed E-state index contributed by atoms with van der Waals surface area (Å²) in [5.41, 5.74) is 0.752. The lowest BCUT2D eigenvalue weighted by molar-refractivity contribution is -0.140. The number of fused-ring (bicyclic) bond motifs is 1. The fraction of sp³-hybridized carbons (Fsp3) is 0.462. The summed E-state index contributed by atoms with van der Waals surface area (Å²) in [6.45, 7) is -1.12. The van der Waals surface area contributed by atoms with Crippen LogP contribution in [0.2, 0.25) is 0 Å². The number of aryl methyl sites for hydroxylation is 1. The Morgan fingerprint density at radius 2 is 1.81 bits per heavy atom. The van der Waals surface area contributed by atoms with E-state index in [-0.39, 0.29) is 18.1 Å². The van der Waals surface area contributed by atoms with Gasteiger partial charge in [-0.15, -0.1) is 11.6 Å². The Hall–Kier alpha value is -1.63. The summed E-state index contributed by atoms with van der Waals surface area (Å²) in [4.78, 5) is 4.21. The van der Waals surface area contributed by atoms with Crippen LogP contribution >= 0.6 is 11.6 Å². The van der Waals surface area contributed by atoms with Gasteiger partial charge >= 0.3 is 6.18 Å². The summed E-state index contributed by atoms with van der Waals surface area (Å²) < 4.78 is 49.6. The molecule has 0 saturated heterocycles. The SMILES string of the molecule is COc1cc2nc(CCCl)n(CC(F)(F)F)c2cc1OC. The number of methoxy groups -OCH3 is 2. The van der Waals surface area contributed by atoms with Crippen molar-refractivity contribution in [2.45, 2.75) is 19.1 Å². The maximum Gasteiger partial charge on any atom is 0.406 e. The van der Waals surface area contributed by atoms with E-state index in [2.05, 4.69) is 4.98 Å². The van der Waals surface area contributed by atoms with Crippen LogP contribution in [0, 0.1) is 0 Å². The third kappa shape index (κ3) is 3.34. The van der Waals surface area contributed by atoms with Gasteiger partial charge in [0.25, 0.3) is 0 Å². The van der Waals surface area contributed by atoms with Crippen molar-refractivity contribution >= 4 is 22.6 Å². The van der Waals surface area contributed by atoms with Crippen molar-refractivity contribution in [2.24, 2.45) is 0 Å². The summed E-state index contributed by atoms with van der Waals surface area (Å²) in [6, 6.07) is 3.05. The molecule has 0 saturated carbocycles. The Balaban J connectivity index is 2.63. The maximum atomic E-state index is 12.8. The molecule has 0 spiro atoms. The van der Waals surface area contributed by atoms with Crippen LogP contribution in [0.3, 0.4) is 0 Å². The molecule has 1 heterocycles. The van der Waals surface area contributed by atoms with Crippen molar-refractivity contribution in [3.63, 3.8) is 0 Å². The minimum Gasteiger partial charge on any atom is -0.493 e. The zero-order valence-electron chi connectivity index (χ0n) is 11.5. The van der Waals surface area contributed by atoms with E-state index in [0.717, 1.165) is 4.57 Å². The Labute approximate surface area is 124 Å². The van der Waals surface area contributed by atoms with Crippen molar-refractivity contribution < 1.29 is 22.6 Å². The van der Waals surface area contributed by atoms with Crippen LogP contribution in [0.5, 0.6) is 11.5 Å². The number of aromatic nitrogens is 2. The first-order valence-electron chi connectivity index (χ1n) is 6.13. The molecule has 0 aliphatic carbocycles. The molecule has 4 nitrogen and oxygen atoms in total. The molecular formula is C13H14ClF3N2O2. The second-order valence-electron chi connectivity index (χ2n) is 4.36. The highest BCUT2D eigenvalue weighted by Gasteiger charge is 2.30. The predicted octanol–water partition coefficient (Wildman–Crippen LogP) is 3.40. The topological polar surface area (TPSA) is 36.3 Å². The van der Waals surface area contributed by atoms with Crippen molar-refractivity contribution in [1.82, 2.24) is 9.55 Å². The zero-order chi connectivity index (χ0) is 15.6. The summed E-state index contributed by atoms with van der Waals surface area (Å²) in [6.07, 6.45) is -4.10. The zero-order valence-corrected chi connectivity index (χ0v) is 12.3. The predicted molar refractivity (Wildman–Crippen MR) is 73.3 cm³/mol. The number of imidazole rings is 1. The molecule has 0 radical (unpaired) electrons. The van der Waals surface area contributed by atoms with Crippen molar-refractivity contribution in [3.05, 3.63) is 18.0 Å². The van der Waals surface area contributed by atoms with E-state index in [1.54, 1.807) is 6.07 Å². The Bertz CT molecular complexity index is 640. The van der Waals surface area contributed by atoms with E-state index in [1.807, 2.05) is 0 Å². The molecule has 2 aromatic rings. The van der Waals surface area contributed by atoms with E-state index in [9.17, 15) is 13.2 Å². The molecule has 0 atom stereocenters. The Kier molecular flexibility index (Phi) is 4.51. The quantitative estimate of drug-likeness (QED) is 0.792. The van der Waals surface area contributed by atoms with Crippen molar-refractivity contribution in [3.8, 4) is 11.5 Å². The minimum atomic E-state index is -4.35. The lowest BCUT2D eigenvalue weighted by atomic mass is 10.2. The highest BCUT2D eigenvalue weighted by molar-refractivity contribution is 6.17. The van der Waals surface area contributed by atoms with Crippen LogP contribution in [-0.4, -0.2) is 35.8 Å². The van der Waals surface area contributed by atoms with Crippen molar-refractivity contribution in [2.75, 3.05) is 20.1 Å².